The number of benzene rings is 3. The second-order valence-electron chi connectivity index (χ2n) is 6.50. The molecule has 0 aliphatic heterocycles. The van der Waals surface area contributed by atoms with Gasteiger partial charge in [-0.3, -0.25) is 14.9 Å². The molecule has 3 aromatic rings. The van der Waals surface area contributed by atoms with Crippen molar-refractivity contribution in [2.45, 2.75) is 17.9 Å². The van der Waals surface area contributed by atoms with Crippen molar-refractivity contribution in [1.82, 2.24) is 0 Å². The minimum atomic E-state index is -0.521. The quantitative estimate of drug-likeness (QED) is 0.362. The average Bonchev–Trinajstić information content (AvgIpc) is 2.71. The molecule has 0 bridgehead atoms. The molecule has 0 fully saturated rings. The van der Waals surface area contributed by atoms with Crippen molar-refractivity contribution in [2.75, 3.05) is 5.32 Å². The van der Waals surface area contributed by atoms with Gasteiger partial charge in [-0.15, -0.1) is 11.8 Å². The Bertz CT molecular complexity index is 1010. The summed E-state index contributed by atoms with van der Waals surface area (Å²) in [5.41, 5.74) is 2.70. The van der Waals surface area contributed by atoms with Crippen LogP contribution in [0.5, 0.6) is 0 Å². The van der Waals surface area contributed by atoms with Crippen LogP contribution in [0, 0.1) is 17.0 Å². The van der Waals surface area contributed by atoms with Gasteiger partial charge in [-0.05, 0) is 41.8 Å². The number of nitro groups is 1. The maximum Gasteiger partial charge on any atom is 0.293 e. The highest BCUT2D eigenvalue weighted by atomic mass is 35.5. The monoisotopic (exact) mass is 426 g/mol. The van der Waals surface area contributed by atoms with Crippen LogP contribution in [0.2, 0.25) is 5.02 Å². The zero-order valence-electron chi connectivity index (χ0n) is 15.7. The molecular weight excluding hydrogens is 408 g/mol. The number of hydrogen-bond acceptors (Lipinski definition) is 4. The van der Waals surface area contributed by atoms with Crippen molar-refractivity contribution in [1.29, 1.82) is 0 Å². The number of thioether (sulfide) groups is 1. The molecule has 0 aliphatic carbocycles. The minimum absolute atomic E-state index is 0.118. The van der Waals surface area contributed by atoms with E-state index in [-0.39, 0.29) is 17.3 Å². The molecule has 148 valence electrons. The summed E-state index contributed by atoms with van der Waals surface area (Å²) in [6.07, 6.45) is 0. The summed E-state index contributed by atoms with van der Waals surface area (Å²) in [7, 11) is 0. The molecule has 0 aromatic heterocycles. The molecule has 0 radical (unpaired) electrons. The van der Waals surface area contributed by atoms with Crippen LogP contribution >= 0.6 is 23.4 Å². The molecule has 0 saturated carbocycles. The van der Waals surface area contributed by atoms with Crippen molar-refractivity contribution in [3.05, 3.63) is 105 Å². The molecule has 0 aliphatic rings. The smallest absolute Gasteiger partial charge is 0.293 e. The van der Waals surface area contributed by atoms with Crippen molar-refractivity contribution in [2.24, 2.45) is 0 Å². The highest BCUT2D eigenvalue weighted by Crippen LogP contribution is 2.34. The number of carbonyl (C=O) groups excluding carboxylic acids is 1. The summed E-state index contributed by atoms with van der Waals surface area (Å²) in [6.45, 7) is 1.77. The molecule has 0 heterocycles. The number of nitro benzene ring substituents is 1. The summed E-state index contributed by atoms with van der Waals surface area (Å²) in [6, 6.07) is 21.6. The Kier molecular flexibility index (Phi) is 6.90. The number of halogens is 1. The Hall–Kier alpha value is -2.83. The number of anilines is 1. The molecule has 5 nitrogen and oxygen atoms in total. The van der Waals surface area contributed by atoms with Crippen LogP contribution in [0.25, 0.3) is 0 Å². The first-order chi connectivity index (χ1) is 13.9. The van der Waals surface area contributed by atoms with Crippen molar-refractivity contribution in [3.8, 4) is 0 Å². The number of amides is 1. The topological polar surface area (TPSA) is 72.2 Å². The lowest BCUT2D eigenvalue weighted by atomic mass is 10.1. The summed E-state index contributed by atoms with van der Waals surface area (Å²) in [5, 5.41) is 14.2. The van der Waals surface area contributed by atoms with Gasteiger partial charge in [0.05, 0.1) is 4.92 Å². The second kappa shape index (κ2) is 9.58. The van der Waals surface area contributed by atoms with Crippen LogP contribution < -0.4 is 5.32 Å². The van der Waals surface area contributed by atoms with Crippen molar-refractivity contribution >= 4 is 40.6 Å². The Morgan fingerprint density at radius 1 is 1.10 bits per heavy atom. The maximum absolute atomic E-state index is 13.1. The largest absolute Gasteiger partial charge is 0.319 e. The van der Waals surface area contributed by atoms with E-state index in [2.05, 4.69) is 5.32 Å². The highest BCUT2D eigenvalue weighted by Gasteiger charge is 2.24. The number of hydrogen-bond donors (Lipinski definition) is 1. The van der Waals surface area contributed by atoms with Crippen LogP contribution in [-0.4, -0.2) is 10.8 Å². The van der Waals surface area contributed by atoms with Gasteiger partial charge in [-0.2, -0.15) is 0 Å². The van der Waals surface area contributed by atoms with Crippen LogP contribution in [0.4, 0.5) is 11.4 Å². The van der Waals surface area contributed by atoms with E-state index in [0.29, 0.717) is 10.8 Å². The van der Waals surface area contributed by atoms with E-state index in [4.69, 9.17) is 11.6 Å². The molecule has 0 saturated heterocycles. The highest BCUT2D eigenvalue weighted by molar-refractivity contribution is 7.99. The Balaban J connectivity index is 1.83. The molecule has 1 unspecified atom stereocenters. The molecular formula is C22H19ClN2O3S. The first-order valence-electron chi connectivity index (χ1n) is 8.91. The minimum Gasteiger partial charge on any atom is -0.319 e. The van der Waals surface area contributed by atoms with E-state index < -0.39 is 10.2 Å². The summed E-state index contributed by atoms with van der Waals surface area (Å²) in [4.78, 5) is 24.0. The van der Waals surface area contributed by atoms with Crippen LogP contribution in [0.3, 0.4) is 0 Å². The van der Waals surface area contributed by atoms with Gasteiger partial charge in [0.2, 0.25) is 5.91 Å². The Morgan fingerprint density at radius 2 is 1.79 bits per heavy atom. The summed E-state index contributed by atoms with van der Waals surface area (Å²) < 4.78 is 0. The van der Waals surface area contributed by atoms with E-state index in [0.717, 1.165) is 16.7 Å². The Morgan fingerprint density at radius 3 is 2.45 bits per heavy atom. The standard InChI is InChI=1S/C22H19ClN2O3S/c1-15-7-12-19(20(13-15)25(27)28)24-22(26)21(17-5-3-2-4-6-17)29-14-16-8-10-18(23)11-9-16/h2-13,21H,14H2,1H3,(H,24,26). The van der Waals surface area contributed by atoms with E-state index in [1.165, 1.54) is 17.8 Å². The molecule has 0 spiro atoms. The fraction of sp³-hybridized carbons (Fsp3) is 0.136. The van der Waals surface area contributed by atoms with E-state index in [9.17, 15) is 14.9 Å². The van der Waals surface area contributed by atoms with Gasteiger partial charge in [0.25, 0.3) is 5.69 Å². The average molecular weight is 427 g/mol. The number of nitrogens with zero attached hydrogens (tertiary/aromatic N) is 1. The predicted molar refractivity (Wildman–Crippen MR) is 118 cm³/mol. The third-order valence-electron chi connectivity index (χ3n) is 4.28. The number of aryl methyl sites for hydroxylation is 1. The van der Waals surface area contributed by atoms with Crippen LogP contribution in [0.1, 0.15) is 21.9 Å². The lowest BCUT2D eigenvalue weighted by Crippen LogP contribution is -2.20. The SMILES string of the molecule is Cc1ccc(NC(=O)C(SCc2ccc(Cl)cc2)c2ccccc2)c([N+](=O)[O-])c1. The fourth-order valence-electron chi connectivity index (χ4n) is 2.81. The number of nitrogens with one attached hydrogen (secondary N) is 1. The van der Waals surface area contributed by atoms with Crippen molar-refractivity contribution in [3.63, 3.8) is 0 Å². The molecule has 1 atom stereocenters. The molecule has 3 aromatic carbocycles. The van der Waals surface area contributed by atoms with E-state index in [1.54, 1.807) is 19.1 Å². The van der Waals surface area contributed by atoms with Gasteiger partial charge in [0, 0.05) is 16.8 Å². The van der Waals surface area contributed by atoms with Crippen molar-refractivity contribution < 1.29 is 9.72 Å². The normalized spacial score (nSPS) is 11.7. The lowest BCUT2D eigenvalue weighted by Gasteiger charge is -2.17. The zero-order chi connectivity index (χ0) is 20.8. The van der Waals surface area contributed by atoms with Gasteiger partial charge in [0.15, 0.2) is 0 Å². The van der Waals surface area contributed by atoms with Crippen LogP contribution in [0.15, 0.2) is 72.8 Å². The maximum atomic E-state index is 13.1. The van der Waals surface area contributed by atoms with E-state index >= 15 is 0 Å². The lowest BCUT2D eigenvalue weighted by molar-refractivity contribution is -0.384. The molecule has 3 rings (SSSR count). The molecule has 1 amide bonds. The third-order valence-corrected chi connectivity index (χ3v) is 5.85. The van der Waals surface area contributed by atoms with Gasteiger partial charge in [0.1, 0.15) is 10.9 Å². The third kappa shape index (κ3) is 5.59. The van der Waals surface area contributed by atoms with Gasteiger partial charge < -0.3 is 5.32 Å². The summed E-state index contributed by atoms with van der Waals surface area (Å²) >= 11 is 7.39. The summed E-state index contributed by atoms with van der Waals surface area (Å²) in [5.74, 6) is 0.294. The predicted octanol–water partition coefficient (Wildman–Crippen LogP) is 6.17. The molecule has 7 heteroatoms. The van der Waals surface area contributed by atoms with Gasteiger partial charge in [-0.25, -0.2) is 0 Å². The Labute approximate surface area is 178 Å². The first-order valence-corrected chi connectivity index (χ1v) is 10.3. The van der Waals surface area contributed by atoms with E-state index in [1.807, 2.05) is 54.6 Å². The van der Waals surface area contributed by atoms with Gasteiger partial charge in [-0.1, -0.05) is 60.1 Å². The van der Waals surface area contributed by atoms with Gasteiger partial charge >= 0.3 is 0 Å². The second-order valence-corrected chi connectivity index (χ2v) is 8.03. The first kappa shape index (κ1) is 20.9. The van der Waals surface area contributed by atoms with Crippen LogP contribution in [-0.2, 0) is 10.5 Å². The number of rotatable bonds is 7. The molecule has 29 heavy (non-hydrogen) atoms. The number of carbonyl (C=O) groups is 1. The zero-order valence-corrected chi connectivity index (χ0v) is 17.2. The fourth-order valence-corrected chi connectivity index (χ4v) is 4.05. The molecule has 1 N–H and O–H groups in total.